The van der Waals surface area contributed by atoms with Crippen LogP contribution in [-0.4, -0.2) is 36.4 Å². The first-order valence-electron chi connectivity index (χ1n) is 19.0. The van der Waals surface area contributed by atoms with Gasteiger partial charge in [0.25, 0.3) is 0 Å². The van der Waals surface area contributed by atoms with Gasteiger partial charge >= 0.3 is 17.9 Å². The fraction of sp³-hybridized carbons (Fsp3) is 0.512. The Morgan fingerprint density at radius 1 is 0.804 bits per heavy atom. The van der Waals surface area contributed by atoms with Crippen LogP contribution in [0, 0.1) is 0 Å². The molecule has 0 radical (unpaired) electrons. The van der Waals surface area contributed by atoms with E-state index in [9.17, 15) is 14.4 Å². The summed E-state index contributed by atoms with van der Waals surface area (Å²) in [4.78, 5) is 36.9. The van der Waals surface area contributed by atoms with E-state index < -0.39 is 18.2 Å². The minimum absolute atomic E-state index is 0.279. The minimum Gasteiger partial charge on any atom is -0.487 e. The van der Waals surface area contributed by atoms with E-state index in [4.69, 9.17) is 23.7 Å². The van der Waals surface area contributed by atoms with Gasteiger partial charge in [-0.1, -0.05) is 90.5 Å². The third-order valence-corrected chi connectivity index (χ3v) is 9.48. The monoisotopic (exact) mass is 700 g/mol. The maximum absolute atomic E-state index is 13.0. The van der Waals surface area contributed by atoms with Crippen LogP contribution in [0.1, 0.15) is 133 Å². The van der Waals surface area contributed by atoms with Crippen molar-refractivity contribution in [2.45, 2.75) is 141 Å². The normalized spacial score (nSPS) is 18.4. The Kier molecular flexibility index (Phi) is 16.3. The Bertz CT molecular complexity index is 1460. The van der Waals surface area contributed by atoms with Gasteiger partial charge in [-0.2, -0.15) is 0 Å². The van der Waals surface area contributed by atoms with E-state index in [0.717, 1.165) is 63.5 Å². The van der Waals surface area contributed by atoms with Gasteiger partial charge in [-0.15, -0.1) is 0 Å². The average Bonchev–Trinajstić information content (AvgIpc) is 3.48. The summed E-state index contributed by atoms with van der Waals surface area (Å²) in [5, 5.41) is 0. The van der Waals surface area contributed by atoms with E-state index in [1.165, 1.54) is 42.9 Å². The van der Waals surface area contributed by atoms with Gasteiger partial charge in [0, 0.05) is 37.3 Å². The molecule has 1 saturated heterocycles. The topological polar surface area (TPSA) is 97.4 Å². The summed E-state index contributed by atoms with van der Waals surface area (Å²) in [5.41, 5.74) is 3.33. The zero-order valence-electron chi connectivity index (χ0n) is 30.6. The molecule has 0 aromatic heterocycles. The second-order valence-electron chi connectivity index (χ2n) is 13.6. The number of allylic oxidation sites excluding steroid dienone is 8. The van der Waals surface area contributed by atoms with Gasteiger partial charge in [-0.3, -0.25) is 0 Å². The largest absolute Gasteiger partial charge is 0.487 e. The molecule has 8 nitrogen and oxygen atoms in total. The summed E-state index contributed by atoms with van der Waals surface area (Å²) in [6.45, 7) is 11.7. The molecule has 276 valence electrons. The van der Waals surface area contributed by atoms with Crippen LogP contribution in [0.15, 0.2) is 96.0 Å². The first kappa shape index (κ1) is 39.5. The lowest BCUT2D eigenvalue weighted by atomic mass is 9.90. The van der Waals surface area contributed by atoms with Crippen LogP contribution in [-0.2, 0) is 28.5 Å². The summed E-state index contributed by atoms with van der Waals surface area (Å²) in [5.74, 6) is 0.787. The molecule has 1 fully saturated rings. The molecular formula is C43H56O8. The highest BCUT2D eigenvalue weighted by atomic mass is 16.7. The predicted octanol–water partition coefficient (Wildman–Crippen LogP) is 10.5. The highest BCUT2D eigenvalue weighted by molar-refractivity contribution is 5.90. The quantitative estimate of drug-likeness (QED) is 0.0388. The molecule has 2 aliphatic carbocycles. The summed E-state index contributed by atoms with van der Waals surface area (Å²) in [6, 6.07) is 6.92. The van der Waals surface area contributed by atoms with Gasteiger partial charge in [0.15, 0.2) is 0 Å². The summed E-state index contributed by atoms with van der Waals surface area (Å²) < 4.78 is 29.2. The van der Waals surface area contributed by atoms with Crippen molar-refractivity contribution in [3.63, 3.8) is 0 Å². The standard InChI is InChI=1S/C43H56O8/c1-5-8-10-12-13-15-17-41(51-40(44)7-3)48-36-24-18-32(19-25-36)33-20-26-37(27-21-33)49-43(46)34-22-28-35(29-23-34)47-38(16-14-11-9-6-2)39-30-31(4)42(45)50-39/h7,18,20,22-24,26,28-29,38-39,41H,3-6,8-17,19,21,25,27,30H2,1-2H3. The summed E-state index contributed by atoms with van der Waals surface area (Å²) in [6.07, 6.45) is 23.9. The number of hydrogen-bond donors (Lipinski definition) is 0. The van der Waals surface area contributed by atoms with Crippen LogP contribution in [0.4, 0.5) is 0 Å². The molecule has 51 heavy (non-hydrogen) atoms. The number of carbonyl (C=O) groups is 3. The third-order valence-electron chi connectivity index (χ3n) is 9.48. The molecule has 3 aliphatic rings. The molecule has 0 saturated carbocycles. The predicted molar refractivity (Wildman–Crippen MR) is 199 cm³/mol. The van der Waals surface area contributed by atoms with Gasteiger partial charge in [-0.25, -0.2) is 14.4 Å². The second kappa shape index (κ2) is 21.1. The molecule has 1 aromatic carbocycles. The third kappa shape index (κ3) is 13.1. The maximum atomic E-state index is 13.0. The van der Waals surface area contributed by atoms with Gasteiger partial charge in [-0.05, 0) is 79.7 Å². The molecule has 1 aromatic rings. The van der Waals surface area contributed by atoms with Gasteiger partial charge in [0.05, 0.1) is 5.56 Å². The Morgan fingerprint density at radius 3 is 2.00 bits per heavy atom. The van der Waals surface area contributed by atoms with Crippen LogP contribution in [0.5, 0.6) is 5.75 Å². The number of ether oxygens (including phenoxy) is 5. The van der Waals surface area contributed by atoms with Crippen molar-refractivity contribution in [3.8, 4) is 5.75 Å². The van der Waals surface area contributed by atoms with Crippen LogP contribution in [0.25, 0.3) is 0 Å². The molecule has 3 atom stereocenters. The molecular weight excluding hydrogens is 644 g/mol. The molecule has 3 unspecified atom stereocenters. The number of hydrogen-bond acceptors (Lipinski definition) is 8. The molecule has 0 spiro atoms. The van der Waals surface area contributed by atoms with Crippen LogP contribution in [0.3, 0.4) is 0 Å². The number of benzene rings is 1. The highest BCUT2D eigenvalue weighted by Crippen LogP contribution is 2.33. The number of carbonyl (C=O) groups excluding carboxylic acids is 3. The van der Waals surface area contributed by atoms with E-state index >= 15 is 0 Å². The van der Waals surface area contributed by atoms with Crippen molar-refractivity contribution in [3.05, 3.63) is 102 Å². The summed E-state index contributed by atoms with van der Waals surface area (Å²) >= 11 is 0. The van der Waals surface area contributed by atoms with E-state index in [1.54, 1.807) is 24.3 Å². The lowest BCUT2D eigenvalue weighted by Crippen LogP contribution is -2.31. The van der Waals surface area contributed by atoms with Crippen LogP contribution in [0.2, 0.25) is 0 Å². The molecule has 1 heterocycles. The van der Waals surface area contributed by atoms with Crippen LogP contribution < -0.4 is 4.74 Å². The van der Waals surface area contributed by atoms with E-state index in [0.29, 0.717) is 48.3 Å². The Hall–Kier alpha value is -4.33. The smallest absolute Gasteiger partial charge is 0.343 e. The average molecular weight is 701 g/mol. The zero-order valence-corrected chi connectivity index (χ0v) is 30.6. The maximum Gasteiger partial charge on any atom is 0.343 e. The first-order chi connectivity index (χ1) is 24.8. The lowest BCUT2D eigenvalue weighted by Gasteiger charge is -2.24. The number of unbranched alkanes of at least 4 members (excludes halogenated alkanes) is 8. The van der Waals surface area contributed by atoms with Gasteiger partial charge in [0.2, 0.25) is 6.29 Å². The van der Waals surface area contributed by atoms with Crippen molar-refractivity contribution in [1.29, 1.82) is 0 Å². The summed E-state index contributed by atoms with van der Waals surface area (Å²) in [7, 11) is 0. The van der Waals surface area contributed by atoms with E-state index in [-0.39, 0.29) is 18.2 Å². The Balaban J connectivity index is 1.28. The van der Waals surface area contributed by atoms with Gasteiger partial charge in [0.1, 0.15) is 29.5 Å². The zero-order chi connectivity index (χ0) is 36.4. The van der Waals surface area contributed by atoms with Crippen molar-refractivity contribution in [1.82, 2.24) is 0 Å². The lowest BCUT2D eigenvalue weighted by molar-refractivity contribution is -0.167. The van der Waals surface area contributed by atoms with Crippen molar-refractivity contribution in [2.75, 3.05) is 0 Å². The van der Waals surface area contributed by atoms with Crippen LogP contribution >= 0.6 is 0 Å². The van der Waals surface area contributed by atoms with Crippen molar-refractivity contribution in [2.24, 2.45) is 0 Å². The van der Waals surface area contributed by atoms with E-state index in [2.05, 4.69) is 33.1 Å². The van der Waals surface area contributed by atoms with Crippen molar-refractivity contribution >= 4 is 17.9 Å². The number of cyclic esters (lactones) is 1. The first-order valence-corrected chi connectivity index (χ1v) is 19.0. The van der Waals surface area contributed by atoms with Crippen molar-refractivity contribution < 1.29 is 38.1 Å². The second-order valence-corrected chi connectivity index (χ2v) is 13.6. The fourth-order valence-corrected chi connectivity index (χ4v) is 6.45. The Morgan fingerprint density at radius 2 is 1.41 bits per heavy atom. The Labute approximate surface area is 304 Å². The molecule has 0 bridgehead atoms. The fourth-order valence-electron chi connectivity index (χ4n) is 6.45. The molecule has 1 aliphatic heterocycles. The highest BCUT2D eigenvalue weighted by Gasteiger charge is 2.35. The molecule has 8 heteroatoms. The van der Waals surface area contributed by atoms with Gasteiger partial charge < -0.3 is 23.7 Å². The molecule has 0 N–H and O–H groups in total. The number of esters is 3. The molecule has 0 amide bonds. The SMILES string of the molecule is C=CC(=O)OC(CCCCCCCC)OC1=CC=C(C2=CC=C(OC(=O)c3ccc(OC(CCCCCC)C4CC(=C)C(=O)O4)cc3)CC2)CC1. The molecule has 4 rings (SSSR count). The number of rotatable bonds is 22. The van der Waals surface area contributed by atoms with E-state index in [1.807, 2.05) is 18.2 Å². The minimum atomic E-state index is -0.614.